The van der Waals surface area contributed by atoms with Crippen molar-refractivity contribution in [1.29, 1.82) is 0 Å². The Balaban J connectivity index is 2.09. The predicted octanol–water partition coefficient (Wildman–Crippen LogP) is 2.57. The van der Waals surface area contributed by atoms with Gasteiger partial charge in [0.1, 0.15) is 0 Å². The first-order chi connectivity index (χ1) is 8.22. The van der Waals surface area contributed by atoms with Crippen molar-refractivity contribution in [2.24, 2.45) is 5.92 Å². The fourth-order valence-corrected chi connectivity index (χ4v) is 2.04. The van der Waals surface area contributed by atoms with Crippen LogP contribution in [0.2, 0.25) is 0 Å². The largest absolute Gasteiger partial charge is 0.385 e. The summed E-state index contributed by atoms with van der Waals surface area (Å²) in [6.07, 6.45) is 0.767. The Bertz CT molecular complexity index is 412. The van der Waals surface area contributed by atoms with Crippen LogP contribution in [0.15, 0.2) is 18.2 Å². The molecule has 3 heteroatoms. The van der Waals surface area contributed by atoms with Gasteiger partial charge in [-0.25, -0.2) is 0 Å². The van der Waals surface area contributed by atoms with Gasteiger partial charge < -0.3 is 9.47 Å². The molecular weight excluding hydrogens is 216 g/mol. The molecule has 0 saturated carbocycles. The molecule has 0 N–H and O–H groups in total. The zero-order valence-corrected chi connectivity index (χ0v) is 10.4. The van der Waals surface area contributed by atoms with E-state index in [2.05, 4.69) is 0 Å². The molecular formula is C14H18O3. The molecule has 0 aliphatic carbocycles. The van der Waals surface area contributed by atoms with Gasteiger partial charge >= 0.3 is 0 Å². The van der Waals surface area contributed by atoms with E-state index in [0.29, 0.717) is 19.8 Å². The highest BCUT2D eigenvalue weighted by Gasteiger charge is 2.18. The molecule has 1 aliphatic rings. The first kappa shape index (κ1) is 12.3. The van der Waals surface area contributed by atoms with E-state index in [1.54, 1.807) is 7.11 Å². The van der Waals surface area contributed by atoms with Crippen LogP contribution in [0.3, 0.4) is 0 Å². The molecule has 0 radical (unpaired) electrons. The van der Waals surface area contributed by atoms with Crippen LogP contribution in [0.1, 0.15) is 34.8 Å². The fraction of sp³-hybridized carbons (Fsp3) is 0.500. The molecule has 2 rings (SSSR count). The Morgan fingerprint density at radius 3 is 2.94 bits per heavy atom. The summed E-state index contributed by atoms with van der Waals surface area (Å²) in [5.74, 6) is 0.201. The van der Waals surface area contributed by atoms with Gasteiger partial charge in [0.2, 0.25) is 0 Å². The van der Waals surface area contributed by atoms with Gasteiger partial charge in [0.25, 0.3) is 0 Å². The van der Waals surface area contributed by atoms with E-state index in [1.165, 1.54) is 5.56 Å². The lowest BCUT2D eigenvalue weighted by Crippen LogP contribution is -2.13. The third-order valence-corrected chi connectivity index (χ3v) is 3.21. The summed E-state index contributed by atoms with van der Waals surface area (Å²) in [5, 5.41) is 0. The third-order valence-electron chi connectivity index (χ3n) is 3.21. The van der Waals surface area contributed by atoms with Crippen molar-refractivity contribution in [3.8, 4) is 0 Å². The minimum atomic E-state index is 0.00956. The van der Waals surface area contributed by atoms with Gasteiger partial charge in [-0.3, -0.25) is 4.79 Å². The number of benzene rings is 1. The van der Waals surface area contributed by atoms with Crippen LogP contribution in [-0.2, 0) is 22.7 Å². The maximum atomic E-state index is 12.2. The molecule has 0 spiro atoms. The molecule has 1 atom stereocenters. The second-order valence-corrected chi connectivity index (χ2v) is 4.52. The zero-order valence-electron chi connectivity index (χ0n) is 10.4. The first-order valence-corrected chi connectivity index (χ1v) is 5.95. The van der Waals surface area contributed by atoms with Gasteiger partial charge in [-0.2, -0.15) is 0 Å². The molecule has 1 aromatic rings. The van der Waals surface area contributed by atoms with Crippen molar-refractivity contribution < 1.29 is 14.3 Å². The summed E-state index contributed by atoms with van der Waals surface area (Å²) in [5.41, 5.74) is 3.14. The number of methoxy groups -OCH3 is 1. The second kappa shape index (κ2) is 5.43. The van der Waals surface area contributed by atoms with Crippen molar-refractivity contribution in [3.63, 3.8) is 0 Å². The van der Waals surface area contributed by atoms with E-state index >= 15 is 0 Å². The number of ketones is 1. The van der Waals surface area contributed by atoms with Crippen LogP contribution < -0.4 is 0 Å². The van der Waals surface area contributed by atoms with E-state index in [4.69, 9.17) is 9.47 Å². The number of hydrogen-bond donors (Lipinski definition) is 0. The lowest BCUT2D eigenvalue weighted by atomic mass is 9.94. The number of rotatable bonds is 5. The average Bonchev–Trinajstić information content (AvgIpc) is 2.81. The molecule has 0 amide bonds. The number of carbonyl (C=O) groups excluding carboxylic acids is 1. The molecule has 0 saturated heterocycles. The molecule has 0 fully saturated rings. The highest BCUT2D eigenvalue weighted by Crippen LogP contribution is 2.22. The summed E-state index contributed by atoms with van der Waals surface area (Å²) in [4.78, 5) is 12.2. The summed E-state index contributed by atoms with van der Waals surface area (Å²) in [7, 11) is 1.66. The molecule has 1 aromatic carbocycles. The molecule has 17 heavy (non-hydrogen) atoms. The van der Waals surface area contributed by atoms with Crippen molar-refractivity contribution in [2.45, 2.75) is 26.6 Å². The van der Waals surface area contributed by atoms with E-state index in [-0.39, 0.29) is 11.7 Å². The Hall–Kier alpha value is -1.19. The minimum absolute atomic E-state index is 0.00956. The van der Waals surface area contributed by atoms with Gasteiger partial charge in [0.15, 0.2) is 5.78 Å². The molecule has 92 valence electrons. The number of hydrogen-bond acceptors (Lipinski definition) is 3. The van der Waals surface area contributed by atoms with Crippen LogP contribution in [0.4, 0.5) is 0 Å². The van der Waals surface area contributed by atoms with Crippen molar-refractivity contribution in [1.82, 2.24) is 0 Å². The summed E-state index contributed by atoms with van der Waals surface area (Å²) >= 11 is 0. The lowest BCUT2D eigenvalue weighted by molar-refractivity contribution is 0.0893. The smallest absolute Gasteiger partial charge is 0.165 e. The monoisotopic (exact) mass is 234 g/mol. The Labute approximate surface area is 102 Å². The molecule has 0 bridgehead atoms. The highest BCUT2D eigenvalue weighted by molar-refractivity contribution is 5.97. The van der Waals surface area contributed by atoms with E-state index < -0.39 is 0 Å². The van der Waals surface area contributed by atoms with E-state index in [9.17, 15) is 4.79 Å². The first-order valence-electron chi connectivity index (χ1n) is 5.95. The van der Waals surface area contributed by atoms with Crippen molar-refractivity contribution in [3.05, 3.63) is 34.9 Å². The summed E-state index contributed by atoms with van der Waals surface area (Å²) < 4.78 is 10.3. The number of ether oxygens (including phenoxy) is 2. The normalized spacial score (nSPS) is 15.6. The third kappa shape index (κ3) is 2.73. The van der Waals surface area contributed by atoms with Crippen molar-refractivity contribution >= 4 is 5.78 Å². The van der Waals surface area contributed by atoms with Crippen LogP contribution in [0.25, 0.3) is 0 Å². The predicted molar refractivity (Wildman–Crippen MR) is 64.9 cm³/mol. The maximum absolute atomic E-state index is 12.2. The standard InChI is InChI=1S/C14H18O3/c1-10(5-6-16-2)14(15)11-3-4-12-8-17-9-13(12)7-11/h3-4,7,10H,5-6,8-9H2,1-2H3. The summed E-state index contributed by atoms with van der Waals surface area (Å²) in [6.45, 7) is 3.87. The average molecular weight is 234 g/mol. The minimum Gasteiger partial charge on any atom is -0.385 e. The van der Waals surface area contributed by atoms with E-state index in [1.807, 2.05) is 25.1 Å². The number of carbonyl (C=O) groups is 1. The Morgan fingerprint density at radius 1 is 1.41 bits per heavy atom. The van der Waals surface area contributed by atoms with E-state index in [0.717, 1.165) is 17.5 Å². The quantitative estimate of drug-likeness (QED) is 0.734. The SMILES string of the molecule is COCCC(C)C(=O)c1ccc2c(c1)COC2. The molecule has 1 unspecified atom stereocenters. The van der Waals surface area contributed by atoms with Crippen LogP contribution >= 0.6 is 0 Å². The Kier molecular flexibility index (Phi) is 3.92. The van der Waals surface area contributed by atoms with Gasteiger partial charge in [-0.15, -0.1) is 0 Å². The van der Waals surface area contributed by atoms with Gasteiger partial charge in [-0.05, 0) is 23.6 Å². The van der Waals surface area contributed by atoms with Crippen molar-refractivity contribution in [2.75, 3.05) is 13.7 Å². The summed E-state index contributed by atoms with van der Waals surface area (Å²) in [6, 6.07) is 5.87. The van der Waals surface area contributed by atoms with Gasteiger partial charge in [0.05, 0.1) is 13.2 Å². The Morgan fingerprint density at radius 2 is 2.18 bits per heavy atom. The highest BCUT2D eigenvalue weighted by atomic mass is 16.5. The molecule has 0 aromatic heterocycles. The zero-order chi connectivity index (χ0) is 12.3. The molecule has 3 nitrogen and oxygen atoms in total. The second-order valence-electron chi connectivity index (χ2n) is 4.52. The lowest BCUT2D eigenvalue weighted by Gasteiger charge is -2.10. The van der Waals surface area contributed by atoms with Gasteiger partial charge in [-0.1, -0.05) is 19.1 Å². The van der Waals surface area contributed by atoms with Gasteiger partial charge in [0, 0.05) is 25.2 Å². The van der Waals surface area contributed by atoms with Crippen LogP contribution in [0.5, 0.6) is 0 Å². The van der Waals surface area contributed by atoms with Crippen LogP contribution in [-0.4, -0.2) is 19.5 Å². The topological polar surface area (TPSA) is 35.5 Å². The fourth-order valence-electron chi connectivity index (χ4n) is 2.04. The van der Waals surface area contributed by atoms with Crippen LogP contribution in [0, 0.1) is 5.92 Å². The molecule has 1 heterocycles. The molecule has 1 aliphatic heterocycles. The number of Topliss-reactive ketones (excluding diaryl/α,β-unsaturated/α-hetero) is 1. The number of fused-ring (bicyclic) bond motifs is 1. The maximum Gasteiger partial charge on any atom is 0.165 e.